The van der Waals surface area contributed by atoms with Crippen LogP contribution in [0.1, 0.15) is 37.2 Å². The zero-order valence-electron chi connectivity index (χ0n) is 11.9. The van der Waals surface area contributed by atoms with Gasteiger partial charge in [0.25, 0.3) is 0 Å². The van der Waals surface area contributed by atoms with Crippen LogP contribution in [-0.4, -0.2) is 24.2 Å². The molecule has 1 rings (SSSR count). The fourth-order valence-electron chi connectivity index (χ4n) is 2.11. The molecule has 0 saturated heterocycles. The van der Waals surface area contributed by atoms with Crippen LogP contribution in [0.25, 0.3) is 0 Å². The van der Waals surface area contributed by atoms with Gasteiger partial charge in [0.05, 0.1) is 10.0 Å². The van der Waals surface area contributed by atoms with Gasteiger partial charge in [0.2, 0.25) is 0 Å². The van der Waals surface area contributed by atoms with E-state index in [-0.39, 0.29) is 12.3 Å². The van der Waals surface area contributed by atoms with Crippen LogP contribution >= 0.6 is 23.2 Å². The number of hydrogen-bond acceptors (Lipinski definition) is 2. The number of carbonyl (C=O) groups is 1. The average Bonchev–Trinajstić information content (AvgIpc) is 2.44. The second-order valence-electron chi connectivity index (χ2n) is 4.95. The van der Waals surface area contributed by atoms with E-state index in [1.54, 1.807) is 0 Å². The van der Waals surface area contributed by atoms with Crippen LogP contribution in [0.3, 0.4) is 0 Å². The van der Waals surface area contributed by atoms with E-state index in [1.165, 1.54) is 0 Å². The van der Waals surface area contributed by atoms with Gasteiger partial charge < -0.3 is 10.4 Å². The number of carboxylic acids is 1. The number of allylic oxidation sites excluding steroid dienone is 1. The van der Waals surface area contributed by atoms with Crippen molar-refractivity contribution in [1.82, 2.24) is 5.32 Å². The van der Waals surface area contributed by atoms with Crippen molar-refractivity contribution in [2.45, 2.75) is 31.6 Å². The first kappa shape index (κ1) is 18.0. The normalized spacial score (nSPS) is 12.1. The molecule has 3 nitrogen and oxygen atoms in total. The number of nitrogens with one attached hydrogen (secondary N) is 1. The summed E-state index contributed by atoms with van der Waals surface area (Å²) in [5, 5.41) is 13.0. The molecule has 1 aromatic carbocycles. The van der Waals surface area contributed by atoms with Gasteiger partial charge in [0.1, 0.15) is 0 Å². The van der Waals surface area contributed by atoms with Gasteiger partial charge in [0.15, 0.2) is 0 Å². The van der Waals surface area contributed by atoms with E-state index in [0.717, 1.165) is 31.5 Å². The highest BCUT2D eigenvalue weighted by atomic mass is 35.5. The Morgan fingerprint density at radius 3 is 2.71 bits per heavy atom. The van der Waals surface area contributed by atoms with Gasteiger partial charge in [-0.15, -0.1) is 6.58 Å². The highest BCUT2D eigenvalue weighted by molar-refractivity contribution is 6.42. The fourth-order valence-corrected chi connectivity index (χ4v) is 2.41. The maximum Gasteiger partial charge on any atom is 0.303 e. The minimum Gasteiger partial charge on any atom is -0.481 e. The standard InChI is InChI=1S/C16H21Cl2NO2/c1-2-5-13(11-19-9-4-3-6-16(20)21)12-7-8-14(17)15(18)10-12/h2,7-8,10,13,19H,1,3-6,9,11H2,(H,20,21). The third kappa shape index (κ3) is 6.98. The van der Waals surface area contributed by atoms with Gasteiger partial charge in [-0.25, -0.2) is 0 Å². The fraction of sp³-hybridized carbons (Fsp3) is 0.438. The Labute approximate surface area is 136 Å². The van der Waals surface area contributed by atoms with Crippen molar-refractivity contribution in [2.24, 2.45) is 0 Å². The Kier molecular flexibility index (Phi) is 8.43. The summed E-state index contributed by atoms with van der Waals surface area (Å²) < 4.78 is 0. The Bertz CT molecular complexity index is 477. The molecule has 0 aromatic heterocycles. The molecule has 0 saturated carbocycles. The highest BCUT2D eigenvalue weighted by Crippen LogP contribution is 2.28. The highest BCUT2D eigenvalue weighted by Gasteiger charge is 2.11. The Morgan fingerprint density at radius 1 is 1.33 bits per heavy atom. The summed E-state index contributed by atoms with van der Waals surface area (Å²) >= 11 is 12.0. The number of benzene rings is 1. The van der Waals surface area contributed by atoms with Crippen molar-refractivity contribution in [3.05, 3.63) is 46.5 Å². The van der Waals surface area contributed by atoms with E-state index in [1.807, 2.05) is 24.3 Å². The summed E-state index contributed by atoms with van der Waals surface area (Å²) in [5.74, 6) is -0.452. The SMILES string of the molecule is C=CCC(CNCCCCC(=O)O)c1ccc(Cl)c(Cl)c1. The molecule has 0 spiro atoms. The molecular formula is C16H21Cl2NO2. The third-order valence-corrected chi connectivity index (χ3v) is 3.99. The summed E-state index contributed by atoms with van der Waals surface area (Å²) in [6.45, 7) is 5.40. The summed E-state index contributed by atoms with van der Waals surface area (Å²) in [5.41, 5.74) is 1.13. The van der Waals surface area contributed by atoms with Gasteiger partial charge in [-0.05, 0) is 49.4 Å². The second kappa shape index (κ2) is 9.82. The molecule has 0 aliphatic rings. The summed E-state index contributed by atoms with van der Waals surface area (Å²) in [7, 11) is 0. The van der Waals surface area contributed by atoms with Crippen molar-refractivity contribution >= 4 is 29.2 Å². The second-order valence-corrected chi connectivity index (χ2v) is 5.76. The lowest BCUT2D eigenvalue weighted by Gasteiger charge is -2.17. The average molecular weight is 330 g/mol. The first-order valence-electron chi connectivity index (χ1n) is 7.03. The molecule has 0 bridgehead atoms. The summed E-state index contributed by atoms with van der Waals surface area (Å²) in [6.07, 6.45) is 4.51. The molecule has 0 amide bonds. The predicted octanol–water partition coefficient (Wildman–Crippen LogP) is 4.50. The van der Waals surface area contributed by atoms with Crippen LogP contribution in [0.15, 0.2) is 30.9 Å². The van der Waals surface area contributed by atoms with E-state index < -0.39 is 5.97 Å². The van der Waals surface area contributed by atoms with Crippen molar-refractivity contribution in [1.29, 1.82) is 0 Å². The lowest BCUT2D eigenvalue weighted by atomic mass is 9.95. The van der Waals surface area contributed by atoms with Crippen molar-refractivity contribution in [2.75, 3.05) is 13.1 Å². The minimum atomic E-state index is -0.740. The zero-order chi connectivity index (χ0) is 15.7. The van der Waals surface area contributed by atoms with E-state index in [4.69, 9.17) is 28.3 Å². The largest absolute Gasteiger partial charge is 0.481 e. The Balaban J connectivity index is 2.44. The van der Waals surface area contributed by atoms with Gasteiger partial charge >= 0.3 is 5.97 Å². The molecule has 0 radical (unpaired) electrons. The quantitative estimate of drug-likeness (QED) is 0.491. The van der Waals surface area contributed by atoms with Crippen LogP contribution in [0.4, 0.5) is 0 Å². The first-order valence-corrected chi connectivity index (χ1v) is 7.78. The molecule has 0 fully saturated rings. The van der Waals surface area contributed by atoms with Crippen LogP contribution < -0.4 is 5.32 Å². The number of unbranched alkanes of at least 4 members (excludes halogenated alkanes) is 1. The summed E-state index contributed by atoms with van der Waals surface area (Å²) in [6, 6.07) is 5.68. The topological polar surface area (TPSA) is 49.3 Å². The molecule has 116 valence electrons. The van der Waals surface area contributed by atoms with Gasteiger partial charge in [-0.2, -0.15) is 0 Å². The van der Waals surface area contributed by atoms with Crippen molar-refractivity contribution < 1.29 is 9.90 Å². The molecule has 5 heteroatoms. The van der Waals surface area contributed by atoms with Crippen LogP contribution in [0, 0.1) is 0 Å². The molecular weight excluding hydrogens is 309 g/mol. The smallest absolute Gasteiger partial charge is 0.303 e. The molecule has 0 aliphatic heterocycles. The lowest BCUT2D eigenvalue weighted by molar-refractivity contribution is -0.137. The third-order valence-electron chi connectivity index (χ3n) is 3.25. The number of rotatable bonds is 10. The molecule has 0 aliphatic carbocycles. The molecule has 1 unspecified atom stereocenters. The zero-order valence-corrected chi connectivity index (χ0v) is 13.5. The van der Waals surface area contributed by atoms with E-state index in [2.05, 4.69) is 11.9 Å². The first-order chi connectivity index (χ1) is 10.0. The van der Waals surface area contributed by atoms with Crippen LogP contribution in [-0.2, 0) is 4.79 Å². The van der Waals surface area contributed by atoms with Gasteiger partial charge in [-0.3, -0.25) is 4.79 Å². The maximum atomic E-state index is 10.4. The number of carboxylic acid groups (broad SMARTS) is 1. The van der Waals surface area contributed by atoms with E-state index in [0.29, 0.717) is 16.5 Å². The lowest BCUT2D eigenvalue weighted by Crippen LogP contribution is -2.22. The number of aliphatic carboxylic acids is 1. The molecule has 0 heterocycles. The van der Waals surface area contributed by atoms with Crippen molar-refractivity contribution in [3.8, 4) is 0 Å². The molecule has 1 aromatic rings. The van der Waals surface area contributed by atoms with E-state index in [9.17, 15) is 4.79 Å². The van der Waals surface area contributed by atoms with Crippen molar-refractivity contribution in [3.63, 3.8) is 0 Å². The predicted molar refractivity (Wildman–Crippen MR) is 88.4 cm³/mol. The molecule has 1 atom stereocenters. The molecule has 2 N–H and O–H groups in total. The maximum absolute atomic E-state index is 10.4. The Morgan fingerprint density at radius 2 is 2.10 bits per heavy atom. The van der Waals surface area contributed by atoms with Crippen LogP contribution in [0.2, 0.25) is 10.0 Å². The van der Waals surface area contributed by atoms with Gasteiger partial charge in [-0.1, -0.05) is 35.3 Å². The minimum absolute atomic E-state index is 0.227. The molecule has 21 heavy (non-hydrogen) atoms. The number of halogens is 2. The monoisotopic (exact) mass is 329 g/mol. The summed E-state index contributed by atoms with van der Waals surface area (Å²) in [4.78, 5) is 10.4. The number of hydrogen-bond donors (Lipinski definition) is 2. The Hall–Kier alpha value is -1.03. The van der Waals surface area contributed by atoms with Gasteiger partial charge in [0, 0.05) is 13.0 Å². The van der Waals surface area contributed by atoms with E-state index >= 15 is 0 Å². The van der Waals surface area contributed by atoms with Crippen LogP contribution in [0.5, 0.6) is 0 Å².